The molecule has 2 aromatic carbocycles. The summed E-state index contributed by atoms with van der Waals surface area (Å²) >= 11 is 0. The lowest BCUT2D eigenvalue weighted by atomic mass is 9.96. The van der Waals surface area contributed by atoms with Crippen LogP contribution >= 0.6 is 0 Å². The van der Waals surface area contributed by atoms with Crippen molar-refractivity contribution in [3.8, 4) is 11.5 Å². The molecular weight excluding hydrogens is 292 g/mol. The van der Waals surface area contributed by atoms with Crippen LogP contribution in [0.15, 0.2) is 48.5 Å². The van der Waals surface area contributed by atoms with Crippen molar-refractivity contribution in [2.45, 2.75) is 31.8 Å². The first-order chi connectivity index (χ1) is 11.1. The summed E-state index contributed by atoms with van der Waals surface area (Å²) in [7, 11) is 0. The Morgan fingerprint density at radius 3 is 2.57 bits per heavy atom. The van der Waals surface area contributed by atoms with E-state index >= 15 is 0 Å². The summed E-state index contributed by atoms with van der Waals surface area (Å²) in [6.45, 7) is 0. The fourth-order valence-electron chi connectivity index (χ4n) is 2.76. The molecular formula is C19H18O4. The van der Waals surface area contributed by atoms with E-state index in [9.17, 15) is 14.7 Å². The molecule has 1 atom stereocenters. The molecule has 0 saturated heterocycles. The molecule has 4 heteroatoms. The first-order valence-electron chi connectivity index (χ1n) is 7.77. The largest absolute Gasteiger partial charge is 0.507 e. The molecule has 1 saturated carbocycles. The molecule has 0 bridgehead atoms. The van der Waals surface area contributed by atoms with Crippen molar-refractivity contribution in [1.82, 2.24) is 0 Å². The monoisotopic (exact) mass is 310 g/mol. The molecule has 1 aliphatic rings. The van der Waals surface area contributed by atoms with E-state index in [4.69, 9.17) is 4.74 Å². The average Bonchev–Trinajstić information content (AvgIpc) is 2.57. The summed E-state index contributed by atoms with van der Waals surface area (Å²) in [5, 5.41) is 10.1. The standard InChI is InChI=1S/C19H18O4/c20-16-8-4-5-9-18(16)23-14-10-11-15(17(21)12-14)19(22)13-6-2-1-3-7-13/h1-3,6-7,10-12,18,21H,4-5,8-9H2/t18-/m1/s1. The molecule has 0 radical (unpaired) electrons. The maximum absolute atomic E-state index is 12.4. The number of ether oxygens (including phenoxy) is 1. The van der Waals surface area contributed by atoms with E-state index in [0.717, 1.165) is 12.8 Å². The Morgan fingerprint density at radius 2 is 1.87 bits per heavy atom. The third kappa shape index (κ3) is 3.42. The number of carbonyl (C=O) groups is 2. The fourth-order valence-corrected chi connectivity index (χ4v) is 2.76. The van der Waals surface area contributed by atoms with E-state index in [2.05, 4.69) is 0 Å². The minimum absolute atomic E-state index is 0.0974. The van der Waals surface area contributed by atoms with Crippen LogP contribution in [-0.2, 0) is 4.79 Å². The van der Waals surface area contributed by atoms with Gasteiger partial charge in [-0.3, -0.25) is 9.59 Å². The first-order valence-corrected chi connectivity index (χ1v) is 7.77. The fraction of sp³-hybridized carbons (Fsp3) is 0.263. The maximum atomic E-state index is 12.4. The van der Waals surface area contributed by atoms with Crippen LogP contribution in [0, 0.1) is 0 Å². The number of ketones is 2. The van der Waals surface area contributed by atoms with Crippen LogP contribution in [-0.4, -0.2) is 22.8 Å². The zero-order valence-electron chi connectivity index (χ0n) is 12.7. The highest BCUT2D eigenvalue weighted by Crippen LogP contribution is 2.28. The normalized spacial score (nSPS) is 17.7. The van der Waals surface area contributed by atoms with Crippen molar-refractivity contribution < 1.29 is 19.4 Å². The summed E-state index contributed by atoms with van der Waals surface area (Å²) < 4.78 is 5.67. The van der Waals surface area contributed by atoms with Gasteiger partial charge in [-0.2, -0.15) is 0 Å². The Morgan fingerprint density at radius 1 is 1.09 bits per heavy atom. The predicted molar refractivity (Wildman–Crippen MR) is 85.9 cm³/mol. The highest BCUT2D eigenvalue weighted by atomic mass is 16.5. The van der Waals surface area contributed by atoms with Crippen molar-refractivity contribution in [1.29, 1.82) is 0 Å². The Hall–Kier alpha value is -2.62. The molecule has 0 amide bonds. The summed E-state index contributed by atoms with van der Waals surface area (Å²) in [6, 6.07) is 13.3. The Bertz CT molecular complexity index is 721. The summed E-state index contributed by atoms with van der Waals surface area (Å²) in [6.07, 6.45) is 2.67. The Labute approximate surface area is 134 Å². The van der Waals surface area contributed by atoms with Gasteiger partial charge in [0.15, 0.2) is 17.7 Å². The van der Waals surface area contributed by atoms with Gasteiger partial charge in [0.1, 0.15) is 11.5 Å². The number of phenols is 1. The van der Waals surface area contributed by atoms with Crippen molar-refractivity contribution in [3.63, 3.8) is 0 Å². The molecule has 0 spiro atoms. The number of phenolic OH excluding ortho intramolecular Hbond substituents is 1. The third-order valence-electron chi connectivity index (χ3n) is 4.03. The first kappa shape index (κ1) is 15.3. The molecule has 118 valence electrons. The van der Waals surface area contributed by atoms with Crippen LogP contribution in [0.2, 0.25) is 0 Å². The number of hydrogen-bond donors (Lipinski definition) is 1. The number of carbonyl (C=O) groups excluding carboxylic acids is 2. The average molecular weight is 310 g/mol. The molecule has 1 N–H and O–H groups in total. The topological polar surface area (TPSA) is 63.6 Å². The van der Waals surface area contributed by atoms with Gasteiger partial charge in [-0.05, 0) is 31.4 Å². The van der Waals surface area contributed by atoms with Crippen molar-refractivity contribution >= 4 is 11.6 Å². The third-order valence-corrected chi connectivity index (χ3v) is 4.03. The molecule has 0 heterocycles. The maximum Gasteiger partial charge on any atom is 0.196 e. The van der Waals surface area contributed by atoms with E-state index in [0.29, 0.717) is 24.2 Å². The predicted octanol–water partition coefficient (Wildman–Crippen LogP) is 3.51. The second kappa shape index (κ2) is 6.65. The summed E-state index contributed by atoms with van der Waals surface area (Å²) in [5.41, 5.74) is 0.734. The van der Waals surface area contributed by atoms with Crippen LogP contribution in [0.4, 0.5) is 0 Å². The minimum atomic E-state index is -0.446. The molecule has 0 unspecified atom stereocenters. The molecule has 3 rings (SSSR count). The number of hydrogen-bond acceptors (Lipinski definition) is 4. The minimum Gasteiger partial charge on any atom is -0.507 e. The van der Waals surface area contributed by atoms with E-state index in [1.54, 1.807) is 30.3 Å². The van der Waals surface area contributed by atoms with Gasteiger partial charge < -0.3 is 9.84 Å². The van der Waals surface area contributed by atoms with Crippen LogP contribution < -0.4 is 4.74 Å². The van der Waals surface area contributed by atoms with Gasteiger partial charge in [-0.15, -0.1) is 0 Å². The number of rotatable bonds is 4. The van der Waals surface area contributed by atoms with Crippen molar-refractivity contribution in [3.05, 3.63) is 59.7 Å². The molecule has 1 aliphatic carbocycles. The van der Waals surface area contributed by atoms with Crippen LogP contribution in [0.3, 0.4) is 0 Å². The second-order valence-corrected chi connectivity index (χ2v) is 5.69. The van der Waals surface area contributed by atoms with Gasteiger partial charge in [0, 0.05) is 18.1 Å². The SMILES string of the molecule is O=C(c1ccccc1)c1ccc(O[C@@H]2CCCCC2=O)cc1O. The van der Waals surface area contributed by atoms with Gasteiger partial charge >= 0.3 is 0 Å². The number of aromatic hydroxyl groups is 1. The Balaban J connectivity index is 1.78. The second-order valence-electron chi connectivity index (χ2n) is 5.69. The van der Waals surface area contributed by atoms with Crippen molar-refractivity contribution in [2.24, 2.45) is 0 Å². The van der Waals surface area contributed by atoms with Gasteiger partial charge in [0.05, 0.1) is 5.56 Å². The lowest BCUT2D eigenvalue weighted by Crippen LogP contribution is -2.30. The van der Waals surface area contributed by atoms with Crippen LogP contribution in [0.5, 0.6) is 11.5 Å². The van der Waals surface area contributed by atoms with Crippen LogP contribution in [0.1, 0.15) is 41.6 Å². The molecule has 0 aromatic heterocycles. The smallest absolute Gasteiger partial charge is 0.196 e. The number of Topliss-reactive ketones (excluding diaryl/α,β-unsaturated/α-hetero) is 1. The van der Waals surface area contributed by atoms with E-state index < -0.39 is 6.10 Å². The summed E-state index contributed by atoms with van der Waals surface area (Å²) in [5.74, 6) is 0.121. The van der Waals surface area contributed by atoms with E-state index in [1.807, 2.05) is 6.07 Å². The van der Waals surface area contributed by atoms with Crippen LogP contribution in [0.25, 0.3) is 0 Å². The molecule has 0 aliphatic heterocycles. The quantitative estimate of drug-likeness (QED) is 0.878. The molecule has 1 fully saturated rings. The van der Waals surface area contributed by atoms with Gasteiger partial charge in [0.2, 0.25) is 0 Å². The zero-order valence-corrected chi connectivity index (χ0v) is 12.7. The lowest BCUT2D eigenvalue weighted by molar-refractivity contribution is -0.127. The van der Waals surface area contributed by atoms with Gasteiger partial charge in [-0.1, -0.05) is 30.3 Å². The lowest BCUT2D eigenvalue weighted by Gasteiger charge is -2.22. The number of benzene rings is 2. The van der Waals surface area contributed by atoms with Gasteiger partial charge in [0.25, 0.3) is 0 Å². The molecule has 4 nitrogen and oxygen atoms in total. The summed E-state index contributed by atoms with van der Waals surface area (Å²) in [4.78, 5) is 24.2. The highest BCUT2D eigenvalue weighted by Gasteiger charge is 2.24. The zero-order chi connectivity index (χ0) is 16.2. The molecule has 23 heavy (non-hydrogen) atoms. The van der Waals surface area contributed by atoms with Gasteiger partial charge in [-0.25, -0.2) is 0 Å². The van der Waals surface area contributed by atoms with Crippen molar-refractivity contribution in [2.75, 3.05) is 0 Å². The highest BCUT2D eigenvalue weighted by molar-refractivity contribution is 6.10. The Kier molecular flexibility index (Phi) is 4.42. The van der Waals surface area contributed by atoms with E-state index in [-0.39, 0.29) is 22.9 Å². The molecule has 2 aromatic rings. The van der Waals surface area contributed by atoms with E-state index in [1.165, 1.54) is 12.1 Å².